The topological polar surface area (TPSA) is 44.8 Å². The molecule has 0 saturated heterocycles. The van der Waals surface area contributed by atoms with Gasteiger partial charge >= 0.3 is 12.1 Å². The lowest BCUT2D eigenvalue weighted by Gasteiger charge is -2.16. The van der Waals surface area contributed by atoms with E-state index in [1.54, 1.807) is 25.1 Å². The largest absolute Gasteiger partial charge is 0.488 e. The van der Waals surface area contributed by atoms with E-state index in [0.29, 0.717) is 18.1 Å². The Bertz CT molecular complexity index is 959. The normalized spacial score (nSPS) is 24.8. The number of fused-ring (bicyclic) bond motifs is 3. The molecule has 0 bridgehead atoms. The number of ether oxygens (including phenoxy) is 3. The van der Waals surface area contributed by atoms with Crippen molar-refractivity contribution >= 4 is 17.6 Å². The lowest BCUT2D eigenvalue weighted by molar-refractivity contribution is -0.150. The Morgan fingerprint density at radius 3 is 2.64 bits per heavy atom. The van der Waals surface area contributed by atoms with Gasteiger partial charge in [-0.25, -0.2) is 0 Å². The van der Waals surface area contributed by atoms with Crippen molar-refractivity contribution in [2.45, 2.75) is 32.0 Å². The van der Waals surface area contributed by atoms with Crippen LogP contribution in [0.1, 0.15) is 30.9 Å². The predicted molar refractivity (Wildman–Crippen MR) is 94.9 cm³/mol. The summed E-state index contributed by atoms with van der Waals surface area (Å²) in [5.74, 6) is 0.698. The molecule has 4 nitrogen and oxygen atoms in total. The lowest BCUT2D eigenvalue weighted by Crippen LogP contribution is -2.23. The molecule has 2 aromatic carbocycles. The summed E-state index contributed by atoms with van der Waals surface area (Å²) in [6, 6.07) is 8.00. The quantitative estimate of drug-likeness (QED) is 0.615. The molecular formula is C20H16ClF3O4. The van der Waals surface area contributed by atoms with Gasteiger partial charge in [-0.05, 0) is 38.1 Å². The Morgan fingerprint density at radius 2 is 2.00 bits per heavy atom. The fraction of sp³-hybridized carbons (Fsp3) is 0.350. The molecule has 1 unspecified atom stereocenters. The van der Waals surface area contributed by atoms with Crippen LogP contribution in [0.5, 0.6) is 17.2 Å². The summed E-state index contributed by atoms with van der Waals surface area (Å²) in [4.78, 5) is 12.2. The molecule has 1 aliphatic heterocycles. The van der Waals surface area contributed by atoms with Crippen molar-refractivity contribution in [1.82, 2.24) is 0 Å². The van der Waals surface area contributed by atoms with Gasteiger partial charge in [-0.2, -0.15) is 13.2 Å². The highest BCUT2D eigenvalue weighted by atomic mass is 35.5. The van der Waals surface area contributed by atoms with Crippen molar-refractivity contribution < 1.29 is 32.2 Å². The maximum Gasteiger partial charge on any atom is 0.416 e. The first-order chi connectivity index (χ1) is 13.2. The molecule has 0 aromatic heterocycles. The molecule has 0 radical (unpaired) electrons. The molecular weight excluding hydrogens is 397 g/mol. The summed E-state index contributed by atoms with van der Waals surface area (Å²) in [6.45, 7) is 3.88. The minimum absolute atomic E-state index is 0.0785. The first kappa shape index (κ1) is 18.9. The maximum atomic E-state index is 12.7. The summed E-state index contributed by atoms with van der Waals surface area (Å²) >= 11 is 5.93. The molecule has 1 heterocycles. The van der Waals surface area contributed by atoms with Gasteiger partial charge in [0.25, 0.3) is 0 Å². The number of rotatable bonds is 4. The van der Waals surface area contributed by atoms with Gasteiger partial charge in [0, 0.05) is 17.5 Å². The van der Waals surface area contributed by atoms with Gasteiger partial charge in [0.1, 0.15) is 28.8 Å². The molecule has 0 N–H and O–H groups in total. The number of benzene rings is 2. The molecule has 1 aliphatic carbocycles. The van der Waals surface area contributed by atoms with E-state index in [1.807, 2.05) is 6.92 Å². The first-order valence-electron chi connectivity index (χ1n) is 8.68. The second-order valence-corrected chi connectivity index (χ2v) is 7.37. The number of hydrogen-bond donors (Lipinski definition) is 0. The average Bonchev–Trinajstić information content (AvgIpc) is 3.03. The highest BCUT2D eigenvalue weighted by Crippen LogP contribution is 2.67. The van der Waals surface area contributed by atoms with Gasteiger partial charge in [0.15, 0.2) is 0 Å². The molecule has 28 heavy (non-hydrogen) atoms. The van der Waals surface area contributed by atoms with E-state index in [1.165, 1.54) is 6.07 Å². The summed E-state index contributed by atoms with van der Waals surface area (Å²) in [7, 11) is 0. The van der Waals surface area contributed by atoms with Gasteiger partial charge in [-0.15, -0.1) is 0 Å². The fourth-order valence-corrected chi connectivity index (χ4v) is 3.86. The van der Waals surface area contributed by atoms with Gasteiger partial charge in [0.05, 0.1) is 17.2 Å². The zero-order valence-electron chi connectivity index (χ0n) is 15.0. The number of halogens is 4. The molecule has 0 amide bonds. The molecule has 2 aliphatic rings. The molecule has 148 valence electrons. The van der Waals surface area contributed by atoms with E-state index in [0.717, 1.165) is 17.7 Å². The third kappa shape index (κ3) is 2.89. The van der Waals surface area contributed by atoms with Crippen molar-refractivity contribution in [1.29, 1.82) is 0 Å². The molecule has 1 fully saturated rings. The Balaban J connectivity index is 1.53. The maximum absolute atomic E-state index is 12.7. The number of alkyl halides is 3. The van der Waals surface area contributed by atoms with E-state index >= 15 is 0 Å². The lowest BCUT2D eigenvalue weighted by atomic mass is 10.00. The second kappa shape index (κ2) is 6.30. The summed E-state index contributed by atoms with van der Waals surface area (Å²) in [5, 5.41) is -0.144. The van der Waals surface area contributed by atoms with Crippen molar-refractivity contribution in [2.24, 2.45) is 5.41 Å². The molecule has 3 atom stereocenters. The molecule has 8 heteroatoms. The predicted octanol–water partition coefficient (Wildman–Crippen LogP) is 5.58. The minimum atomic E-state index is -4.48. The van der Waals surface area contributed by atoms with Crippen LogP contribution in [0.25, 0.3) is 0 Å². The summed E-state index contributed by atoms with van der Waals surface area (Å²) in [6.07, 6.45) is -4.76. The van der Waals surface area contributed by atoms with E-state index in [-0.39, 0.29) is 28.8 Å². The Morgan fingerprint density at radius 1 is 1.25 bits per heavy atom. The smallest absolute Gasteiger partial charge is 0.416 e. The van der Waals surface area contributed by atoms with Crippen LogP contribution in [0.15, 0.2) is 36.4 Å². The third-order valence-corrected chi connectivity index (χ3v) is 5.50. The van der Waals surface area contributed by atoms with Crippen LogP contribution in [0.3, 0.4) is 0 Å². The van der Waals surface area contributed by atoms with Crippen LogP contribution in [-0.2, 0) is 15.7 Å². The Kier molecular flexibility index (Phi) is 4.26. The van der Waals surface area contributed by atoms with E-state index in [4.69, 9.17) is 25.8 Å². The highest BCUT2D eigenvalue weighted by molar-refractivity contribution is 6.32. The van der Waals surface area contributed by atoms with Crippen LogP contribution in [0, 0.1) is 5.41 Å². The van der Waals surface area contributed by atoms with Crippen LogP contribution >= 0.6 is 11.6 Å². The fourth-order valence-electron chi connectivity index (χ4n) is 3.64. The van der Waals surface area contributed by atoms with E-state index in [9.17, 15) is 18.0 Å². The van der Waals surface area contributed by atoms with Crippen LogP contribution in [0.4, 0.5) is 13.2 Å². The Labute approximate surface area is 164 Å². The standard InChI is InChI=1S/C20H16ClF3O4/c1-3-26-18(25)19(2)16-12-6-5-11(9-15(12)28-17(16)19)27-14-7-4-10(8-13(14)21)20(22,23)24/h4-9,16-17H,3H2,1-2H3/t16-,17+,19?/m0/s1. The molecule has 1 saturated carbocycles. The van der Waals surface area contributed by atoms with E-state index < -0.39 is 17.2 Å². The molecule has 2 aromatic rings. The second-order valence-electron chi connectivity index (χ2n) is 6.96. The summed E-state index contributed by atoms with van der Waals surface area (Å²) in [5.41, 5.74) is -0.658. The number of carbonyl (C=O) groups excluding carboxylic acids is 1. The third-order valence-electron chi connectivity index (χ3n) is 5.21. The molecule has 0 spiro atoms. The van der Waals surface area contributed by atoms with Gasteiger partial charge in [-0.3, -0.25) is 4.79 Å². The summed E-state index contributed by atoms with van der Waals surface area (Å²) < 4.78 is 54.8. The van der Waals surface area contributed by atoms with Crippen LogP contribution in [0.2, 0.25) is 5.02 Å². The van der Waals surface area contributed by atoms with Crippen LogP contribution in [-0.4, -0.2) is 18.7 Å². The van der Waals surface area contributed by atoms with Crippen molar-refractivity contribution in [2.75, 3.05) is 6.61 Å². The SMILES string of the molecule is CCOC(=O)C1(C)[C@@H]2Oc3cc(Oc4ccc(C(F)(F)F)cc4Cl)ccc3[C@@H]21. The van der Waals surface area contributed by atoms with Gasteiger partial charge in [-0.1, -0.05) is 17.7 Å². The van der Waals surface area contributed by atoms with E-state index in [2.05, 4.69) is 0 Å². The molecule has 4 rings (SSSR count). The monoisotopic (exact) mass is 412 g/mol. The zero-order chi connectivity index (χ0) is 20.3. The van der Waals surface area contributed by atoms with Gasteiger partial charge in [0.2, 0.25) is 0 Å². The zero-order valence-corrected chi connectivity index (χ0v) is 15.7. The minimum Gasteiger partial charge on any atom is -0.488 e. The van der Waals surface area contributed by atoms with Crippen molar-refractivity contribution in [3.63, 3.8) is 0 Å². The number of esters is 1. The highest BCUT2D eigenvalue weighted by Gasteiger charge is 2.73. The number of carbonyl (C=O) groups is 1. The van der Waals surface area contributed by atoms with Crippen LogP contribution < -0.4 is 9.47 Å². The first-order valence-corrected chi connectivity index (χ1v) is 9.06. The Hall–Kier alpha value is -2.41. The van der Waals surface area contributed by atoms with Crippen molar-refractivity contribution in [3.05, 3.63) is 52.5 Å². The van der Waals surface area contributed by atoms with Crippen molar-refractivity contribution in [3.8, 4) is 17.2 Å². The number of hydrogen-bond acceptors (Lipinski definition) is 4. The van der Waals surface area contributed by atoms with Gasteiger partial charge < -0.3 is 14.2 Å². The average molecular weight is 413 g/mol.